The zero-order valence-electron chi connectivity index (χ0n) is 23.2. The van der Waals surface area contributed by atoms with Gasteiger partial charge in [-0.2, -0.15) is 4.98 Å². The first kappa shape index (κ1) is 29.0. The van der Waals surface area contributed by atoms with Gasteiger partial charge in [0.1, 0.15) is 23.9 Å². The Morgan fingerprint density at radius 2 is 1.88 bits per heavy atom. The fraction of sp³-hybridized carbons (Fsp3) is 0.310. The van der Waals surface area contributed by atoms with Crippen LogP contribution in [-0.4, -0.2) is 49.3 Å². The van der Waals surface area contributed by atoms with Gasteiger partial charge in [0.25, 0.3) is 6.47 Å². The van der Waals surface area contributed by atoms with E-state index in [1.165, 1.54) is 18.4 Å². The van der Waals surface area contributed by atoms with Crippen LogP contribution >= 0.6 is 0 Å². The number of imidazole rings is 1. The number of carbonyl (C=O) groups excluding carboxylic acids is 1. The van der Waals surface area contributed by atoms with Gasteiger partial charge in [0.2, 0.25) is 11.7 Å². The van der Waals surface area contributed by atoms with Gasteiger partial charge < -0.3 is 30.0 Å². The summed E-state index contributed by atoms with van der Waals surface area (Å²) in [5, 5.41) is 17.9. The Morgan fingerprint density at radius 3 is 2.51 bits per heavy atom. The molecule has 4 aromatic rings. The molecule has 1 aromatic carbocycles. The number of nitrogens with two attached hydrogens (primary N) is 1. The second-order valence-electron chi connectivity index (χ2n) is 9.62. The Labute approximate surface area is 237 Å². The van der Waals surface area contributed by atoms with E-state index in [-0.39, 0.29) is 37.2 Å². The third kappa shape index (κ3) is 7.35. The number of nitrogens with zero attached hydrogens (tertiary/aromatic N) is 4. The van der Waals surface area contributed by atoms with Crippen LogP contribution in [0.5, 0.6) is 5.88 Å². The number of anilines is 1. The number of rotatable bonds is 10. The SMILES string of the molecule is CCOC(=O)c1nc(NCc2c(C)cc(C(=N)N)cc2C)cc(OCc2cn3cc(C4CC4)ccc3n2)n1.O=CO. The Balaban J connectivity index is 0.00000124. The number of esters is 1. The molecule has 3 heterocycles. The van der Waals surface area contributed by atoms with Crippen molar-refractivity contribution >= 4 is 29.7 Å². The number of nitrogen functional groups attached to an aromatic ring is 1. The largest absolute Gasteiger partial charge is 0.483 e. The van der Waals surface area contributed by atoms with Crippen molar-refractivity contribution in [3.05, 3.63) is 82.1 Å². The van der Waals surface area contributed by atoms with Crippen LogP contribution in [-0.2, 0) is 22.7 Å². The summed E-state index contributed by atoms with van der Waals surface area (Å²) in [6.45, 7) is 6.26. The first-order valence-corrected chi connectivity index (χ1v) is 13.1. The van der Waals surface area contributed by atoms with Crippen LogP contribution in [0, 0.1) is 19.3 Å². The number of aryl methyl sites for hydroxylation is 2. The maximum atomic E-state index is 12.4. The molecule has 1 aliphatic carbocycles. The van der Waals surface area contributed by atoms with Crippen molar-refractivity contribution < 1.29 is 24.2 Å². The molecule has 1 saturated carbocycles. The standard InChI is InChI=1S/C28H31N7O3.CH2O2/c1-4-37-28(36)27-33-23(31-12-22-16(2)9-20(26(29)30)10-17(22)3)11-25(34-27)38-15-21-14-35-13-19(18-5-6-18)7-8-24(35)32-21;2-1-3/h7-11,13-14,18H,4-6,12,15H2,1-3H3,(H3,29,30)(H,31,33,34);1H,(H,2,3). The molecule has 0 spiro atoms. The average molecular weight is 560 g/mol. The Hall–Kier alpha value is -5.00. The van der Waals surface area contributed by atoms with Gasteiger partial charge in [-0.05, 0) is 80.0 Å². The van der Waals surface area contributed by atoms with E-state index in [4.69, 9.17) is 30.5 Å². The van der Waals surface area contributed by atoms with E-state index in [1.54, 1.807) is 13.0 Å². The predicted molar refractivity (Wildman–Crippen MR) is 152 cm³/mol. The summed E-state index contributed by atoms with van der Waals surface area (Å²) in [6.07, 6.45) is 6.56. The monoisotopic (exact) mass is 559 g/mol. The molecule has 0 aliphatic heterocycles. The molecule has 0 saturated heterocycles. The molecule has 5 rings (SSSR count). The summed E-state index contributed by atoms with van der Waals surface area (Å²) >= 11 is 0. The van der Waals surface area contributed by atoms with E-state index < -0.39 is 5.97 Å². The summed E-state index contributed by atoms with van der Waals surface area (Å²) in [7, 11) is 0. The predicted octanol–water partition coefficient (Wildman–Crippen LogP) is 3.97. The molecule has 0 unspecified atom stereocenters. The number of hydrogen-bond donors (Lipinski definition) is 4. The lowest BCUT2D eigenvalue weighted by Gasteiger charge is -2.14. The second kappa shape index (κ2) is 12.9. The minimum absolute atomic E-state index is 0.0290. The maximum absolute atomic E-state index is 12.4. The molecule has 1 fully saturated rings. The van der Waals surface area contributed by atoms with Gasteiger partial charge in [-0.3, -0.25) is 10.2 Å². The molecule has 0 bridgehead atoms. The third-order valence-corrected chi connectivity index (χ3v) is 6.55. The molecule has 0 radical (unpaired) electrons. The summed E-state index contributed by atoms with van der Waals surface area (Å²) in [5.41, 5.74) is 12.3. The number of carboxylic acid groups (broad SMARTS) is 1. The van der Waals surface area contributed by atoms with Crippen molar-refractivity contribution in [1.82, 2.24) is 19.4 Å². The summed E-state index contributed by atoms with van der Waals surface area (Å²) in [6, 6.07) is 9.57. The minimum Gasteiger partial charge on any atom is -0.483 e. The van der Waals surface area contributed by atoms with Gasteiger partial charge in [0.15, 0.2) is 0 Å². The van der Waals surface area contributed by atoms with Crippen molar-refractivity contribution in [3.63, 3.8) is 0 Å². The number of carbonyl (C=O) groups is 2. The van der Waals surface area contributed by atoms with Gasteiger partial charge in [-0.25, -0.2) is 14.8 Å². The number of pyridine rings is 1. The van der Waals surface area contributed by atoms with E-state index in [0.717, 1.165) is 28.0 Å². The fourth-order valence-electron chi connectivity index (χ4n) is 4.42. The molecule has 3 aromatic heterocycles. The van der Waals surface area contributed by atoms with Crippen LogP contribution in [0.25, 0.3) is 5.65 Å². The topological polar surface area (TPSA) is 178 Å². The molecule has 5 N–H and O–H groups in total. The van der Waals surface area contributed by atoms with Crippen LogP contribution in [0.1, 0.15) is 69.8 Å². The first-order chi connectivity index (χ1) is 19.7. The lowest BCUT2D eigenvalue weighted by molar-refractivity contribution is -0.122. The number of amidine groups is 1. The zero-order valence-corrected chi connectivity index (χ0v) is 23.2. The smallest absolute Gasteiger partial charge is 0.376 e. The normalized spacial score (nSPS) is 12.3. The number of benzene rings is 1. The van der Waals surface area contributed by atoms with E-state index in [9.17, 15) is 4.79 Å². The number of hydrogen-bond acceptors (Lipinski definition) is 9. The lowest BCUT2D eigenvalue weighted by Crippen LogP contribution is -2.15. The van der Waals surface area contributed by atoms with E-state index >= 15 is 0 Å². The number of fused-ring (bicyclic) bond motifs is 1. The van der Waals surface area contributed by atoms with Crippen LogP contribution < -0.4 is 15.8 Å². The van der Waals surface area contributed by atoms with Crippen molar-refractivity contribution in [2.24, 2.45) is 5.73 Å². The summed E-state index contributed by atoms with van der Waals surface area (Å²) < 4.78 is 13.1. The zero-order chi connectivity index (χ0) is 29.5. The Morgan fingerprint density at radius 1 is 1.17 bits per heavy atom. The highest BCUT2D eigenvalue weighted by Gasteiger charge is 2.24. The van der Waals surface area contributed by atoms with Gasteiger partial charge in [-0.1, -0.05) is 6.07 Å². The maximum Gasteiger partial charge on any atom is 0.376 e. The van der Waals surface area contributed by atoms with Gasteiger partial charge in [0.05, 0.1) is 12.3 Å². The molecular weight excluding hydrogens is 526 g/mol. The van der Waals surface area contributed by atoms with E-state index in [2.05, 4.69) is 32.5 Å². The molecule has 214 valence electrons. The highest BCUT2D eigenvalue weighted by atomic mass is 16.5. The number of aromatic nitrogens is 4. The van der Waals surface area contributed by atoms with Crippen molar-refractivity contribution in [3.8, 4) is 5.88 Å². The molecule has 1 aliphatic rings. The van der Waals surface area contributed by atoms with Crippen molar-refractivity contribution in [2.75, 3.05) is 11.9 Å². The summed E-state index contributed by atoms with van der Waals surface area (Å²) in [4.78, 5) is 34.0. The Kier molecular flexibility index (Phi) is 9.12. The van der Waals surface area contributed by atoms with E-state index in [0.29, 0.717) is 23.8 Å². The van der Waals surface area contributed by atoms with Crippen molar-refractivity contribution in [1.29, 1.82) is 5.41 Å². The first-order valence-electron chi connectivity index (χ1n) is 13.1. The van der Waals surface area contributed by atoms with Crippen LogP contribution in [0.2, 0.25) is 0 Å². The average Bonchev–Trinajstić information content (AvgIpc) is 3.71. The molecule has 41 heavy (non-hydrogen) atoms. The quantitative estimate of drug-likeness (QED) is 0.0961. The molecule has 12 nitrogen and oxygen atoms in total. The highest BCUT2D eigenvalue weighted by Crippen LogP contribution is 2.39. The van der Waals surface area contributed by atoms with Gasteiger partial charge >= 0.3 is 5.97 Å². The summed E-state index contributed by atoms with van der Waals surface area (Å²) in [5.74, 6) is 0.643. The van der Waals surface area contributed by atoms with E-state index in [1.807, 2.05) is 42.6 Å². The Bertz CT molecular complexity index is 1560. The van der Waals surface area contributed by atoms with Crippen LogP contribution in [0.4, 0.5) is 5.82 Å². The minimum atomic E-state index is -0.625. The van der Waals surface area contributed by atoms with Crippen molar-refractivity contribution in [2.45, 2.75) is 52.7 Å². The number of nitrogens with one attached hydrogen (secondary N) is 2. The molecular formula is C29H33N7O5. The van der Waals surface area contributed by atoms with Crippen LogP contribution in [0.3, 0.4) is 0 Å². The molecule has 12 heteroatoms. The van der Waals surface area contributed by atoms with Gasteiger partial charge in [-0.15, -0.1) is 0 Å². The molecule has 0 amide bonds. The van der Waals surface area contributed by atoms with Gasteiger partial charge in [0, 0.05) is 30.6 Å². The number of ether oxygens (including phenoxy) is 2. The molecule has 0 atom stereocenters. The highest BCUT2D eigenvalue weighted by molar-refractivity contribution is 5.95. The van der Waals surface area contributed by atoms with Crippen LogP contribution in [0.15, 0.2) is 42.7 Å². The third-order valence-electron chi connectivity index (χ3n) is 6.55. The lowest BCUT2D eigenvalue weighted by atomic mass is 9.99. The second-order valence-corrected chi connectivity index (χ2v) is 9.62. The fourth-order valence-corrected chi connectivity index (χ4v) is 4.42.